The van der Waals surface area contributed by atoms with Crippen molar-refractivity contribution in [1.82, 2.24) is 9.88 Å². The van der Waals surface area contributed by atoms with Gasteiger partial charge < -0.3 is 9.88 Å². The Bertz CT molecular complexity index is 758. The second kappa shape index (κ2) is 4.63. The molecule has 0 aliphatic carbocycles. The number of hydrogen-bond donors (Lipinski definition) is 1. The van der Waals surface area contributed by atoms with Crippen molar-refractivity contribution in [3.8, 4) is 0 Å². The van der Waals surface area contributed by atoms with E-state index < -0.39 is 15.1 Å². The summed E-state index contributed by atoms with van der Waals surface area (Å²) in [5, 5.41) is 0.655. The highest BCUT2D eigenvalue weighted by Crippen LogP contribution is 2.21. The Balaban J connectivity index is 1.75. The van der Waals surface area contributed by atoms with Crippen LogP contribution in [0.4, 0.5) is 0 Å². The van der Waals surface area contributed by atoms with E-state index in [1.165, 1.54) is 0 Å². The molecule has 0 saturated carbocycles. The smallest absolute Gasteiger partial charge is 0.254 e. The number of aromatic amines is 1. The lowest BCUT2D eigenvalue weighted by Gasteiger charge is -2.38. The summed E-state index contributed by atoms with van der Waals surface area (Å²) in [4.78, 5) is 16.9. The summed E-state index contributed by atoms with van der Waals surface area (Å²) in [6, 6.07) is 7.41. The van der Waals surface area contributed by atoms with E-state index in [9.17, 15) is 13.2 Å². The third kappa shape index (κ3) is 2.10. The second-order valence-electron chi connectivity index (χ2n) is 5.06. The molecule has 1 N–H and O–H groups in total. The van der Waals surface area contributed by atoms with Crippen LogP contribution in [0.2, 0.25) is 0 Å². The Morgan fingerprint density at radius 1 is 1.35 bits per heavy atom. The summed E-state index contributed by atoms with van der Waals surface area (Å²) < 4.78 is 23.4. The maximum atomic E-state index is 12.3. The van der Waals surface area contributed by atoms with Gasteiger partial charge in [-0.3, -0.25) is 4.79 Å². The van der Waals surface area contributed by atoms with Crippen LogP contribution in [0.1, 0.15) is 17.3 Å². The fourth-order valence-electron chi connectivity index (χ4n) is 2.43. The maximum absolute atomic E-state index is 12.3. The number of nitrogens with one attached hydrogen (secondary N) is 1. The minimum Gasteiger partial charge on any atom is -0.361 e. The number of carbonyl (C=O) groups excluding carboxylic acids is 1. The second-order valence-corrected chi connectivity index (χ2v) is 7.63. The maximum Gasteiger partial charge on any atom is 0.254 e. The lowest BCUT2D eigenvalue weighted by molar-refractivity contribution is 0.0659. The van der Waals surface area contributed by atoms with E-state index >= 15 is 0 Å². The van der Waals surface area contributed by atoms with Gasteiger partial charge in [0.1, 0.15) is 0 Å². The fourth-order valence-corrected chi connectivity index (χ4v) is 3.72. The van der Waals surface area contributed by atoms with Gasteiger partial charge in [0.15, 0.2) is 9.84 Å². The molecule has 3 rings (SSSR count). The molecule has 1 aliphatic rings. The van der Waals surface area contributed by atoms with Crippen molar-refractivity contribution in [3.63, 3.8) is 0 Å². The number of likely N-dealkylation sites (tertiary alicyclic amines) is 1. The van der Waals surface area contributed by atoms with Gasteiger partial charge in [0.25, 0.3) is 5.91 Å². The third-order valence-electron chi connectivity index (χ3n) is 3.85. The van der Waals surface area contributed by atoms with Crippen LogP contribution in [0, 0.1) is 0 Å². The molecule has 1 aromatic carbocycles. The van der Waals surface area contributed by atoms with Crippen LogP contribution in [0.15, 0.2) is 30.5 Å². The van der Waals surface area contributed by atoms with Crippen molar-refractivity contribution in [2.45, 2.75) is 12.2 Å². The molecule has 1 saturated heterocycles. The molecule has 1 aromatic heterocycles. The number of amides is 1. The first-order valence-electron chi connectivity index (χ1n) is 6.59. The lowest BCUT2D eigenvalue weighted by Crippen LogP contribution is -2.57. The molecule has 0 bridgehead atoms. The normalized spacial score (nSPS) is 16.4. The number of fused-ring (bicyclic) bond motifs is 1. The molecule has 20 heavy (non-hydrogen) atoms. The Morgan fingerprint density at radius 2 is 2.10 bits per heavy atom. The van der Waals surface area contributed by atoms with Crippen LogP contribution in [-0.4, -0.2) is 48.3 Å². The van der Waals surface area contributed by atoms with Gasteiger partial charge in [0.05, 0.1) is 5.25 Å². The van der Waals surface area contributed by atoms with Gasteiger partial charge in [0.2, 0.25) is 0 Å². The van der Waals surface area contributed by atoms with E-state index in [1.54, 1.807) is 24.0 Å². The highest BCUT2D eigenvalue weighted by molar-refractivity contribution is 7.92. The number of aromatic nitrogens is 1. The average Bonchev–Trinajstić information content (AvgIpc) is 2.83. The molecular formula is C14H16N2O3S. The number of benzene rings is 1. The first-order chi connectivity index (χ1) is 9.51. The van der Waals surface area contributed by atoms with Gasteiger partial charge in [-0.2, -0.15) is 0 Å². The van der Waals surface area contributed by atoms with Gasteiger partial charge >= 0.3 is 0 Å². The van der Waals surface area contributed by atoms with Crippen LogP contribution in [0.25, 0.3) is 10.9 Å². The molecule has 2 heterocycles. The SMILES string of the molecule is CCS(=O)(=O)C1CN(C(=O)c2ccc3cc[nH]c3c2)C1. The number of sulfone groups is 1. The molecule has 1 fully saturated rings. The van der Waals surface area contributed by atoms with Crippen molar-refractivity contribution >= 4 is 26.6 Å². The molecule has 1 amide bonds. The summed E-state index contributed by atoms with van der Waals surface area (Å²) in [7, 11) is -3.04. The van der Waals surface area contributed by atoms with Crippen LogP contribution in [0.3, 0.4) is 0 Å². The van der Waals surface area contributed by atoms with Gasteiger partial charge in [-0.15, -0.1) is 0 Å². The summed E-state index contributed by atoms with van der Waals surface area (Å²) in [5.74, 6) is 0.0257. The monoisotopic (exact) mass is 292 g/mol. The van der Waals surface area contributed by atoms with E-state index in [1.807, 2.05) is 18.3 Å². The van der Waals surface area contributed by atoms with Crippen molar-refractivity contribution in [2.75, 3.05) is 18.8 Å². The van der Waals surface area contributed by atoms with E-state index in [2.05, 4.69) is 4.98 Å². The Labute approximate surface area is 117 Å². The zero-order valence-corrected chi connectivity index (χ0v) is 12.0. The lowest BCUT2D eigenvalue weighted by atomic mass is 10.1. The standard InChI is InChI=1S/C14H16N2O3S/c1-2-20(18,19)12-8-16(9-12)14(17)11-4-3-10-5-6-15-13(10)7-11/h3-7,12,15H,2,8-9H2,1H3. The van der Waals surface area contributed by atoms with Crippen molar-refractivity contribution in [2.24, 2.45) is 0 Å². The number of hydrogen-bond acceptors (Lipinski definition) is 3. The summed E-state index contributed by atoms with van der Waals surface area (Å²) in [5.41, 5.74) is 1.50. The summed E-state index contributed by atoms with van der Waals surface area (Å²) in [6.07, 6.45) is 1.83. The van der Waals surface area contributed by atoms with Crippen molar-refractivity contribution < 1.29 is 13.2 Å². The first kappa shape index (κ1) is 13.2. The number of carbonyl (C=O) groups is 1. The first-order valence-corrected chi connectivity index (χ1v) is 8.31. The van der Waals surface area contributed by atoms with Crippen molar-refractivity contribution in [3.05, 3.63) is 36.0 Å². The highest BCUT2D eigenvalue weighted by Gasteiger charge is 2.38. The van der Waals surface area contributed by atoms with Gasteiger partial charge in [0, 0.05) is 36.1 Å². The predicted molar refractivity (Wildman–Crippen MR) is 77.5 cm³/mol. The minimum atomic E-state index is -3.04. The zero-order chi connectivity index (χ0) is 14.3. The van der Waals surface area contributed by atoms with E-state index in [4.69, 9.17) is 0 Å². The third-order valence-corrected chi connectivity index (χ3v) is 5.97. The Hall–Kier alpha value is -1.82. The summed E-state index contributed by atoms with van der Waals surface area (Å²) >= 11 is 0. The molecular weight excluding hydrogens is 276 g/mol. The number of H-pyrrole nitrogens is 1. The van der Waals surface area contributed by atoms with E-state index in [0.29, 0.717) is 18.7 Å². The average molecular weight is 292 g/mol. The van der Waals surface area contributed by atoms with Gasteiger partial charge in [-0.25, -0.2) is 8.42 Å². The zero-order valence-electron chi connectivity index (χ0n) is 11.2. The van der Waals surface area contributed by atoms with E-state index in [0.717, 1.165) is 10.9 Å². The molecule has 6 heteroatoms. The largest absolute Gasteiger partial charge is 0.361 e. The molecule has 2 aromatic rings. The molecule has 0 unspecified atom stereocenters. The minimum absolute atomic E-state index is 0.107. The Kier molecular flexibility index (Phi) is 3.05. The molecule has 0 atom stereocenters. The topological polar surface area (TPSA) is 70.2 Å². The number of nitrogens with zero attached hydrogens (tertiary/aromatic N) is 1. The highest BCUT2D eigenvalue weighted by atomic mass is 32.2. The van der Waals surface area contributed by atoms with Crippen molar-refractivity contribution in [1.29, 1.82) is 0 Å². The van der Waals surface area contributed by atoms with E-state index in [-0.39, 0.29) is 11.7 Å². The fraction of sp³-hybridized carbons (Fsp3) is 0.357. The van der Waals surface area contributed by atoms with Crippen LogP contribution >= 0.6 is 0 Å². The molecule has 0 spiro atoms. The van der Waals surface area contributed by atoms with Crippen LogP contribution in [-0.2, 0) is 9.84 Å². The quantitative estimate of drug-likeness (QED) is 0.930. The molecule has 106 valence electrons. The van der Waals surface area contributed by atoms with Crippen LogP contribution in [0.5, 0.6) is 0 Å². The molecule has 0 radical (unpaired) electrons. The predicted octanol–water partition coefficient (Wildman–Crippen LogP) is 1.43. The Morgan fingerprint density at radius 3 is 2.80 bits per heavy atom. The van der Waals surface area contributed by atoms with Gasteiger partial charge in [-0.05, 0) is 23.6 Å². The molecule has 5 nitrogen and oxygen atoms in total. The number of rotatable bonds is 3. The van der Waals surface area contributed by atoms with Crippen LogP contribution < -0.4 is 0 Å². The molecule has 1 aliphatic heterocycles. The summed E-state index contributed by atoms with van der Waals surface area (Å²) in [6.45, 7) is 2.24. The van der Waals surface area contributed by atoms with Gasteiger partial charge in [-0.1, -0.05) is 13.0 Å².